The molecule has 0 saturated carbocycles. The maximum atomic E-state index is 11.6. The molecule has 108 valence electrons. The molecule has 0 fully saturated rings. The number of anilines is 1. The van der Waals surface area contributed by atoms with Crippen LogP contribution in [0.2, 0.25) is 0 Å². The maximum Gasteiger partial charge on any atom is 0.265 e. The van der Waals surface area contributed by atoms with Crippen molar-refractivity contribution in [1.82, 2.24) is 5.43 Å². The lowest BCUT2D eigenvalue weighted by Crippen LogP contribution is -2.31. The molecule has 4 nitrogen and oxygen atoms in total. The van der Waals surface area contributed by atoms with Crippen molar-refractivity contribution in [2.45, 2.75) is 19.4 Å². The van der Waals surface area contributed by atoms with E-state index in [1.54, 1.807) is 6.07 Å². The molecule has 1 aliphatic heterocycles. The van der Waals surface area contributed by atoms with Crippen molar-refractivity contribution < 1.29 is 4.79 Å². The molecular weight excluding hydrogens is 262 g/mol. The third-order valence-corrected chi connectivity index (χ3v) is 3.90. The van der Waals surface area contributed by atoms with E-state index >= 15 is 0 Å². The second-order valence-corrected chi connectivity index (χ2v) is 5.33. The lowest BCUT2D eigenvalue weighted by Gasteiger charge is -2.31. The number of carbonyl (C=O) groups excluding carboxylic acids is 1. The largest absolute Gasteiger partial charge is 0.367 e. The van der Waals surface area contributed by atoms with Crippen LogP contribution in [0.4, 0.5) is 5.69 Å². The Kier molecular flexibility index (Phi) is 3.88. The Hall–Kier alpha value is -2.33. The van der Waals surface area contributed by atoms with E-state index in [-0.39, 0.29) is 5.91 Å². The zero-order valence-corrected chi connectivity index (χ0v) is 11.9. The lowest BCUT2D eigenvalue weighted by molar-refractivity contribution is 0.0953. The number of carbonyl (C=O) groups is 1. The molecule has 0 aromatic heterocycles. The van der Waals surface area contributed by atoms with Crippen LogP contribution in [0.1, 0.15) is 27.9 Å². The molecular formula is C17H19N3O. The van der Waals surface area contributed by atoms with E-state index < -0.39 is 0 Å². The third kappa shape index (κ3) is 2.90. The first-order valence-corrected chi connectivity index (χ1v) is 7.20. The number of nitrogens with zero attached hydrogens (tertiary/aromatic N) is 1. The number of nitrogens with one attached hydrogen (secondary N) is 1. The summed E-state index contributed by atoms with van der Waals surface area (Å²) in [6.07, 6.45) is 2.31. The van der Waals surface area contributed by atoms with Gasteiger partial charge in [-0.15, -0.1) is 0 Å². The Morgan fingerprint density at radius 3 is 2.90 bits per heavy atom. The van der Waals surface area contributed by atoms with Crippen LogP contribution in [0.15, 0.2) is 48.5 Å². The monoisotopic (exact) mass is 281 g/mol. The van der Waals surface area contributed by atoms with Gasteiger partial charge in [0, 0.05) is 24.3 Å². The first-order valence-electron chi connectivity index (χ1n) is 7.20. The lowest BCUT2D eigenvalue weighted by atomic mass is 10.0. The predicted molar refractivity (Wildman–Crippen MR) is 83.9 cm³/mol. The minimum absolute atomic E-state index is 0.254. The van der Waals surface area contributed by atoms with Gasteiger partial charge >= 0.3 is 0 Å². The molecule has 3 N–H and O–H groups in total. The molecule has 1 aliphatic rings. The minimum atomic E-state index is -0.254. The Morgan fingerprint density at radius 1 is 1.19 bits per heavy atom. The minimum Gasteiger partial charge on any atom is -0.367 e. The van der Waals surface area contributed by atoms with E-state index in [1.165, 1.54) is 17.7 Å². The first-order chi connectivity index (χ1) is 10.3. The SMILES string of the molecule is NNC(=O)c1cccc(CN2CCCc3ccccc32)c1. The summed E-state index contributed by atoms with van der Waals surface area (Å²) >= 11 is 0. The number of nitrogen functional groups attached to an aromatic ring is 1. The maximum absolute atomic E-state index is 11.6. The standard InChI is InChI=1S/C17H19N3O/c18-19-17(21)15-7-3-5-13(11-15)12-20-10-4-8-14-6-1-2-9-16(14)20/h1-3,5-7,9,11H,4,8,10,12,18H2,(H,19,21). The number of hydrazine groups is 1. The molecule has 21 heavy (non-hydrogen) atoms. The van der Waals surface area contributed by atoms with Crippen molar-refractivity contribution in [1.29, 1.82) is 0 Å². The number of nitrogens with two attached hydrogens (primary N) is 1. The van der Waals surface area contributed by atoms with Crippen molar-refractivity contribution in [3.8, 4) is 0 Å². The van der Waals surface area contributed by atoms with Gasteiger partial charge in [-0.25, -0.2) is 5.84 Å². The first kappa shape index (κ1) is 13.6. The van der Waals surface area contributed by atoms with Gasteiger partial charge in [-0.3, -0.25) is 10.2 Å². The van der Waals surface area contributed by atoms with Crippen LogP contribution in [0.3, 0.4) is 0 Å². The van der Waals surface area contributed by atoms with E-state index in [9.17, 15) is 4.79 Å². The normalized spacial score (nSPS) is 13.7. The summed E-state index contributed by atoms with van der Waals surface area (Å²) in [4.78, 5) is 14.0. The summed E-state index contributed by atoms with van der Waals surface area (Å²) in [6.45, 7) is 1.85. The number of aryl methyl sites for hydroxylation is 1. The fourth-order valence-corrected chi connectivity index (χ4v) is 2.89. The second kappa shape index (κ2) is 5.97. The average Bonchev–Trinajstić information content (AvgIpc) is 2.55. The number of fused-ring (bicyclic) bond motifs is 1. The van der Waals surface area contributed by atoms with Crippen LogP contribution >= 0.6 is 0 Å². The highest BCUT2D eigenvalue weighted by atomic mass is 16.2. The van der Waals surface area contributed by atoms with Crippen molar-refractivity contribution in [2.24, 2.45) is 5.84 Å². The summed E-state index contributed by atoms with van der Waals surface area (Å²) in [5, 5.41) is 0. The topological polar surface area (TPSA) is 58.4 Å². The highest BCUT2D eigenvalue weighted by Gasteiger charge is 2.16. The molecule has 1 amide bonds. The third-order valence-electron chi connectivity index (χ3n) is 3.90. The highest BCUT2D eigenvalue weighted by molar-refractivity contribution is 5.93. The molecule has 0 radical (unpaired) electrons. The van der Waals surface area contributed by atoms with Crippen molar-refractivity contribution in [2.75, 3.05) is 11.4 Å². The highest BCUT2D eigenvalue weighted by Crippen LogP contribution is 2.28. The van der Waals surface area contributed by atoms with Crippen LogP contribution in [0.5, 0.6) is 0 Å². The Morgan fingerprint density at radius 2 is 2.05 bits per heavy atom. The molecule has 3 rings (SSSR count). The number of rotatable bonds is 3. The summed E-state index contributed by atoms with van der Waals surface area (Å²) < 4.78 is 0. The van der Waals surface area contributed by atoms with Crippen LogP contribution in [-0.2, 0) is 13.0 Å². The fraction of sp³-hybridized carbons (Fsp3) is 0.235. The van der Waals surface area contributed by atoms with Crippen LogP contribution in [0, 0.1) is 0 Å². The molecule has 0 bridgehead atoms. The smallest absolute Gasteiger partial charge is 0.265 e. The van der Waals surface area contributed by atoms with Crippen molar-refractivity contribution >= 4 is 11.6 Å². The zero-order valence-electron chi connectivity index (χ0n) is 11.9. The Labute approximate surface area is 124 Å². The molecule has 0 aliphatic carbocycles. The van der Waals surface area contributed by atoms with Gasteiger partial charge in [-0.1, -0.05) is 30.3 Å². The number of para-hydroxylation sites is 1. The number of hydrogen-bond donors (Lipinski definition) is 2. The van der Waals surface area contributed by atoms with Crippen molar-refractivity contribution in [3.05, 3.63) is 65.2 Å². The van der Waals surface area contributed by atoms with Gasteiger partial charge in [0.05, 0.1) is 0 Å². The van der Waals surface area contributed by atoms with Gasteiger partial charge in [-0.05, 0) is 42.2 Å². The molecule has 1 heterocycles. The van der Waals surface area contributed by atoms with Gasteiger partial charge in [0.2, 0.25) is 0 Å². The number of hydrogen-bond acceptors (Lipinski definition) is 3. The van der Waals surface area contributed by atoms with Crippen LogP contribution in [-0.4, -0.2) is 12.5 Å². The Bertz CT molecular complexity index is 654. The van der Waals surface area contributed by atoms with E-state index in [1.807, 2.05) is 18.2 Å². The second-order valence-electron chi connectivity index (χ2n) is 5.33. The molecule has 0 atom stereocenters. The van der Waals surface area contributed by atoms with Gasteiger partial charge in [-0.2, -0.15) is 0 Å². The van der Waals surface area contributed by atoms with Gasteiger partial charge in [0.15, 0.2) is 0 Å². The fourth-order valence-electron chi connectivity index (χ4n) is 2.89. The molecule has 2 aromatic rings. The molecule has 2 aromatic carbocycles. The van der Waals surface area contributed by atoms with E-state index in [0.717, 1.165) is 25.1 Å². The average molecular weight is 281 g/mol. The van der Waals surface area contributed by atoms with E-state index in [0.29, 0.717) is 5.56 Å². The quantitative estimate of drug-likeness (QED) is 0.515. The van der Waals surface area contributed by atoms with E-state index in [4.69, 9.17) is 5.84 Å². The summed E-state index contributed by atoms with van der Waals surface area (Å²) in [7, 11) is 0. The molecule has 0 saturated heterocycles. The number of benzene rings is 2. The van der Waals surface area contributed by atoms with Gasteiger partial charge < -0.3 is 4.90 Å². The van der Waals surface area contributed by atoms with Gasteiger partial charge in [0.1, 0.15) is 0 Å². The summed E-state index contributed by atoms with van der Waals surface area (Å²) in [5.41, 5.74) is 6.60. The van der Waals surface area contributed by atoms with Crippen molar-refractivity contribution in [3.63, 3.8) is 0 Å². The number of amides is 1. The van der Waals surface area contributed by atoms with E-state index in [2.05, 4.69) is 34.6 Å². The predicted octanol–water partition coefficient (Wildman–Crippen LogP) is 2.24. The molecule has 0 unspecified atom stereocenters. The van der Waals surface area contributed by atoms with Gasteiger partial charge in [0.25, 0.3) is 5.91 Å². The Balaban J connectivity index is 1.83. The zero-order chi connectivity index (χ0) is 14.7. The van der Waals surface area contributed by atoms with Crippen LogP contribution < -0.4 is 16.2 Å². The summed E-state index contributed by atoms with van der Waals surface area (Å²) in [5.74, 6) is 4.94. The molecule has 0 spiro atoms. The van der Waals surface area contributed by atoms with Crippen LogP contribution in [0.25, 0.3) is 0 Å². The molecule has 4 heteroatoms. The summed E-state index contributed by atoms with van der Waals surface area (Å²) in [6, 6.07) is 16.2.